The predicted molar refractivity (Wildman–Crippen MR) is 169 cm³/mol. The fourth-order valence-electron chi connectivity index (χ4n) is 5.95. The molecule has 0 spiro atoms. The number of anilines is 1. The van der Waals surface area contributed by atoms with Crippen LogP contribution in [0.3, 0.4) is 0 Å². The molecule has 3 atom stereocenters. The number of carbonyl (C=O) groups is 1. The molecule has 0 radical (unpaired) electrons. The molecule has 2 aromatic rings. The van der Waals surface area contributed by atoms with Gasteiger partial charge >= 0.3 is 6.01 Å². The molecule has 1 N–H and O–H groups in total. The number of benzene rings is 1. The van der Waals surface area contributed by atoms with E-state index in [4.69, 9.17) is 14.7 Å². The molecule has 1 aromatic heterocycles. The van der Waals surface area contributed by atoms with E-state index in [9.17, 15) is 14.3 Å². The SMILES string of the molecule is C=CC(=O)CCCCN(c1nc(OC[C@@H]2CCCC2C=C)nc(CC)c1CCCCc1c(O)cccc1F)[C@@H](C)CC. The molecular weight excluding hydrogens is 529 g/mol. The number of phenolic OH excluding ortho intramolecular Hbond substituents is 1. The predicted octanol–water partition coefficient (Wildman–Crippen LogP) is 7.96. The molecule has 3 rings (SSSR count). The Morgan fingerprint density at radius 2 is 1.90 bits per heavy atom. The van der Waals surface area contributed by atoms with Gasteiger partial charge in [-0.25, -0.2) is 4.39 Å². The smallest absolute Gasteiger partial charge is 0.318 e. The molecule has 1 aliphatic rings. The van der Waals surface area contributed by atoms with Gasteiger partial charge in [-0.15, -0.1) is 6.58 Å². The highest BCUT2D eigenvalue weighted by molar-refractivity contribution is 5.88. The van der Waals surface area contributed by atoms with E-state index in [-0.39, 0.29) is 23.4 Å². The molecule has 1 fully saturated rings. The molecule has 1 aromatic carbocycles. The first-order chi connectivity index (χ1) is 20.3. The third-order valence-electron chi connectivity index (χ3n) is 8.72. The maximum absolute atomic E-state index is 14.3. The maximum atomic E-state index is 14.3. The molecule has 42 heavy (non-hydrogen) atoms. The Hall–Kier alpha value is -3.22. The second kappa shape index (κ2) is 17.0. The Kier molecular flexibility index (Phi) is 13.5. The van der Waals surface area contributed by atoms with E-state index in [0.717, 1.165) is 81.4 Å². The molecular formula is C35H50FN3O3. The number of rotatable bonds is 19. The molecule has 0 amide bonds. The number of hydrogen-bond acceptors (Lipinski definition) is 6. The van der Waals surface area contributed by atoms with Crippen LogP contribution in [-0.2, 0) is 24.1 Å². The Morgan fingerprint density at radius 3 is 2.57 bits per heavy atom. The van der Waals surface area contributed by atoms with Crippen molar-refractivity contribution >= 4 is 11.6 Å². The Labute approximate surface area is 252 Å². The Balaban J connectivity index is 1.86. The van der Waals surface area contributed by atoms with Gasteiger partial charge in [-0.2, -0.15) is 9.97 Å². The second-order valence-corrected chi connectivity index (χ2v) is 11.5. The van der Waals surface area contributed by atoms with Crippen LogP contribution in [0.5, 0.6) is 11.8 Å². The van der Waals surface area contributed by atoms with E-state index in [1.807, 2.05) is 0 Å². The van der Waals surface area contributed by atoms with Crippen molar-refractivity contribution in [3.8, 4) is 11.8 Å². The van der Waals surface area contributed by atoms with Gasteiger partial charge in [-0.3, -0.25) is 4.79 Å². The number of carbonyl (C=O) groups excluding carboxylic acids is 1. The summed E-state index contributed by atoms with van der Waals surface area (Å²) in [6, 6.07) is 5.11. The van der Waals surface area contributed by atoms with Gasteiger partial charge in [0.2, 0.25) is 0 Å². The second-order valence-electron chi connectivity index (χ2n) is 11.5. The van der Waals surface area contributed by atoms with Crippen molar-refractivity contribution in [3.63, 3.8) is 0 Å². The number of hydrogen-bond donors (Lipinski definition) is 1. The summed E-state index contributed by atoms with van der Waals surface area (Å²) in [7, 11) is 0. The summed E-state index contributed by atoms with van der Waals surface area (Å²) in [4.78, 5) is 24.1. The number of ether oxygens (including phenoxy) is 1. The van der Waals surface area contributed by atoms with Crippen LogP contribution in [0.4, 0.5) is 10.2 Å². The van der Waals surface area contributed by atoms with E-state index >= 15 is 0 Å². The zero-order valence-corrected chi connectivity index (χ0v) is 25.9. The Morgan fingerprint density at radius 1 is 1.14 bits per heavy atom. The molecule has 1 heterocycles. The summed E-state index contributed by atoms with van der Waals surface area (Å²) in [6.45, 7) is 15.5. The molecule has 6 nitrogen and oxygen atoms in total. The number of allylic oxidation sites excluding steroid dienone is 2. The molecule has 230 valence electrons. The van der Waals surface area contributed by atoms with Crippen LogP contribution in [0.1, 0.15) is 95.4 Å². The van der Waals surface area contributed by atoms with E-state index in [1.54, 1.807) is 0 Å². The molecule has 0 saturated heterocycles. The minimum atomic E-state index is -0.367. The van der Waals surface area contributed by atoms with Crippen LogP contribution < -0.4 is 9.64 Å². The summed E-state index contributed by atoms with van der Waals surface area (Å²) in [5.74, 6) is 1.52. The van der Waals surface area contributed by atoms with Gasteiger partial charge in [0, 0.05) is 30.1 Å². The summed E-state index contributed by atoms with van der Waals surface area (Å²) in [6.07, 6.45) is 13.5. The summed E-state index contributed by atoms with van der Waals surface area (Å²) in [5, 5.41) is 10.1. The zero-order chi connectivity index (χ0) is 30.5. The van der Waals surface area contributed by atoms with Crippen LogP contribution in [0.15, 0.2) is 43.5 Å². The number of halogens is 1. The van der Waals surface area contributed by atoms with Crippen molar-refractivity contribution in [2.24, 2.45) is 11.8 Å². The highest BCUT2D eigenvalue weighted by Gasteiger charge is 2.27. The highest BCUT2D eigenvalue weighted by Crippen LogP contribution is 2.34. The number of aryl methyl sites for hydroxylation is 1. The number of nitrogens with zero attached hydrogens (tertiary/aromatic N) is 3. The van der Waals surface area contributed by atoms with Gasteiger partial charge in [0.25, 0.3) is 0 Å². The van der Waals surface area contributed by atoms with Gasteiger partial charge in [-0.1, -0.05) is 39.0 Å². The first kappa shape index (κ1) is 33.3. The fraction of sp³-hybridized carbons (Fsp3) is 0.571. The van der Waals surface area contributed by atoms with Crippen molar-refractivity contribution < 1.29 is 19.0 Å². The van der Waals surface area contributed by atoms with Crippen LogP contribution in [0.2, 0.25) is 0 Å². The van der Waals surface area contributed by atoms with Crippen LogP contribution in [0.25, 0.3) is 0 Å². The number of aromatic nitrogens is 2. The third kappa shape index (κ3) is 9.14. The average Bonchev–Trinajstić information content (AvgIpc) is 3.46. The maximum Gasteiger partial charge on any atom is 0.318 e. The summed E-state index contributed by atoms with van der Waals surface area (Å²) in [5.41, 5.74) is 2.45. The van der Waals surface area contributed by atoms with Gasteiger partial charge in [0.05, 0.1) is 12.3 Å². The number of aromatic hydroxyl groups is 1. The summed E-state index contributed by atoms with van der Waals surface area (Å²) < 4.78 is 20.6. The number of phenols is 1. The van der Waals surface area contributed by atoms with Crippen molar-refractivity contribution in [3.05, 3.63) is 66.1 Å². The van der Waals surface area contributed by atoms with Crippen molar-refractivity contribution in [1.29, 1.82) is 0 Å². The quantitative estimate of drug-likeness (QED) is 0.103. The first-order valence-electron chi connectivity index (χ1n) is 15.9. The minimum absolute atomic E-state index is 0.00797. The Bertz CT molecular complexity index is 1160. The number of ketones is 1. The van der Waals surface area contributed by atoms with Crippen LogP contribution in [-0.4, -0.2) is 40.1 Å². The summed E-state index contributed by atoms with van der Waals surface area (Å²) >= 11 is 0. The van der Waals surface area contributed by atoms with Crippen LogP contribution in [0, 0.1) is 17.7 Å². The fourth-order valence-corrected chi connectivity index (χ4v) is 5.95. The lowest BCUT2D eigenvalue weighted by Gasteiger charge is -2.32. The molecule has 1 unspecified atom stereocenters. The average molecular weight is 580 g/mol. The minimum Gasteiger partial charge on any atom is -0.508 e. The number of unbranched alkanes of at least 4 members (excludes halogenated alkanes) is 2. The van der Waals surface area contributed by atoms with Gasteiger partial charge in [-0.05, 0) is 101 Å². The molecule has 1 aliphatic carbocycles. The standard InChI is InChI=1S/C35H50FN3O3/c1-6-25(5)39(23-13-12-18-28(40)8-3)34-30(20-11-10-19-29-31(36)21-15-22-33(29)41)32(9-4)37-35(38-34)42-24-27-17-14-16-26(27)7-2/h7-8,15,21-22,25-27,41H,2-3,6,9-14,16-20,23-24H2,1,4-5H3/t25-,26?,27-/m0/s1. The topological polar surface area (TPSA) is 75.6 Å². The first-order valence-corrected chi connectivity index (χ1v) is 15.9. The highest BCUT2D eigenvalue weighted by atomic mass is 19.1. The van der Waals surface area contributed by atoms with Gasteiger partial charge in [0.1, 0.15) is 17.4 Å². The monoisotopic (exact) mass is 579 g/mol. The molecule has 1 saturated carbocycles. The van der Waals surface area contributed by atoms with Crippen molar-refractivity contribution in [2.45, 2.75) is 104 Å². The van der Waals surface area contributed by atoms with Gasteiger partial charge in [0.15, 0.2) is 5.78 Å². The van der Waals surface area contributed by atoms with Crippen molar-refractivity contribution in [1.82, 2.24) is 9.97 Å². The van der Waals surface area contributed by atoms with Crippen LogP contribution >= 0.6 is 0 Å². The lowest BCUT2D eigenvalue weighted by Crippen LogP contribution is -2.35. The van der Waals surface area contributed by atoms with E-state index < -0.39 is 0 Å². The van der Waals surface area contributed by atoms with E-state index in [1.165, 1.54) is 30.7 Å². The zero-order valence-electron chi connectivity index (χ0n) is 25.9. The van der Waals surface area contributed by atoms with E-state index in [0.29, 0.717) is 42.9 Å². The van der Waals surface area contributed by atoms with Gasteiger partial charge < -0.3 is 14.7 Å². The normalized spacial score (nSPS) is 17.1. The van der Waals surface area contributed by atoms with Crippen molar-refractivity contribution in [2.75, 3.05) is 18.1 Å². The lowest BCUT2D eigenvalue weighted by atomic mass is 9.97. The molecule has 7 heteroatoms. The molecule has 0 bridgehead atoms. The van der Waals surface area contributed by atoms with E-state index in [2.05, 4.69) is 44.9 Å². The molecule has 0 aliphatic heterocycles. The lowest BCUT2D eigenvalue weighted by molar-refractivity contribution is -0.114. The third-order valence-corrected chi connectivity index (χ3v) is 8.72. The largest absolute Gasteiger partial charge is 0.508 e.